The summed E-state index contributed by atoms with van der Waals surface area (Å²) in [5.41, 5.74) is 5.64. The van der Waals surface area contributed by atoms with Crippen molar-refractivity contribution in [3.05, 3.63) is 108 Å². The fourth-order valence-corrected chi connectivity index (χ4v) is 3.47. The van der Waals surface area contributed by atoms with Crippen molar-refractivity contribution in [1.29, 1.82) is 5.26 Å². The average molecular weight is 379 g/mol. The van der Waals surface area contributed by atoms with E-state index in [1.165, 1.54) is 0 Å². The van der Waals surface area contributed by atoms with E-state index in [9.17, 15) is 5.26 Å². The molecule has 0 aliphatic carbocycles. The summed E-state index contributed by atoms with van der Waals surface area (Å²) in [5, 5.41) is 9.67. The summed E-state index contributed by atoms with van der Waals surface area (Å²) in [6, 6.07) is 26.1. The van der Waals surface area contributed by atoms with Crippen LogP contribution >= 0.6 is 0 Å². The van der Waals surface area contributed by atoms with E-state index in [0.29, 0.717) is 5.56 Å². The highest BCUT2D eigenvalue weighted by atomic mass is 16.5. The zero-order valence-electron chi connectivity index (χ0n) is 16.4. The molecular weight excluding hydrogens is 358 g/mol. The quantitative estimate of drug-likeness (QED) is 0.464. The van der Waals surface area contributed by atoms with E-state index in [1.54, 1.807) is 6.33 Å². The van der Waals surface area contributed by atoms with Crippen LogP contribution in [0, 0.1) is 18.3 Å². The van der Waals surface area contributed by atoms with Gasteiger partial charge in [-0.05, 0) is 47.9 Å². The van der Waals surface area contributed by atoms with Gasteiger partial charge in [-0.3, -0.25) is 0 Å². The third-order valence-electron chi connectivity index (χ3n) is 5.02. The van der Waals surface area contributed by atoms with Crippen LogP contribution in [0.1, 0.15) is 28.5 Å². The predicted octanol–water partition coefficient (Wildman–Crippen LogP) is 5.44. The molecule has 4 rings (SSSR count). The number of para-hydroxylation sites is 1. The first-order valence-electron chi connectivity index (χ1n) is 9.45. The minimum absolute atomic E-state index is 0.347. The molecular formula is C25H21N3O. The van der Waals surface area contributed by atoms with Crippen molar-refractivity contribution in [1.82, 2.24) is 9.55 Å². The number of ether oxygens (including phenoxy) is 1. The van der Waals surface area contributed by atoms with E-state index >= 15 is 0 Å². The first-order chi connectivity index (χ1) is 14.2. The van der Waals surface area contributed by atoms with Crippen LogP contribution in [0.15, 0.2) is 85.3 Å². The Labute approximate surface area is 170 Å². The van der Waals surface area contributed by atoms with Crippen LogP contribution in [0.3, 0.4) is 0 Å². The molecule has 1 heterocycles. The van der Waals surface area contributed by atoms with E-state index in [0.717, 1.165) is 33.7 Å². The second kappa shape index (κ2) is 8.04. The Morgan fingerprint density at radius 2 is 1.72 bits per heavy atom. The van der Waals surface area contributed by atoms with Crippen molar-refractivity contribution in [3.8, 4) is 22.9 Å². The number of nitriles is 1. The van der Waals surface area contributed by atoms with Crippen molar-refractivity contribution < 1.29 is 4.74 Å². The summed E-state index contributed by atoms with van der Waals surface area (Å²) in [7, 11) is 1.95. The molecule has 29 heavy (non-hydrogen) atoms. The van der Waals surface area contributed by atoms with E-state index in [-0.39, 0.29) is 6.10 Å². The Balaban J connectivity index is 1.85. The van der Waals surface area contributed by atoms with Crippen molar-refractivity contribution in [2.75, 3.05) is 0 Å². The van der Waals surface area contributed by atoms with Crippen LogP contribution in [0.4, 0.5) is 0 Å². The van der Waals surface area contributed by atoms with E-state index in [2.05, 4.69) is 30.1 Å². The van der Waals surface area contributed by atoms with Gasteiger partial charge in [0.1, 0.15) is 5.75 Å². The van der Waals surface area contributed by atoms with Gasteiger partial charge in [-0.2, -0.15) is 5.26 Å². The van der Waals surface area contributed by atoms with Crippen LogP contribution < -0.4 is 4.74 Å². The fourth-order valence-electron chi connectivity index (χ4n) is 3.47. The molecule has 1 atom stereocenters. The number of rotatable bonds is 5. The van der Waals surface area contributed by atoms with Gasteiger partial charge in [0, 0.05) is 12.6 Å². The highest BCUT2D eigenvalue weighted by Gasteiger charge is 2.21. The highest BCUT2D eigenvalue weighted by molar-refractivity contribution is 5.74. The number of hydrogen-bond acceptors (Lipinski definition) is 3. The van der Waals surface area contributed by atoms with Crippen molar-refractivity contribution >= 4 is 0 Å². The molecule has 4 heteroatoms. The maximum absolute atomic E-state index is 9.67. The summed E-state index contributed by atoms with van der Waals surface area (Å²) in [5.74, 6) is 0.778. The minimum Gasteiger partial charge on any atom is -0.479 e. The van der Waals surface area contributed by atoms with Crippen molar-refractivity contribution in [2.24, 2.45) is 7.05 Å². The van der Waals surface area contributed by atoms with Crippen LogP contribution in [0.5, 0.6) is 5.75 Å². The van der Waals surface area contributed by atoms with E-state index in [1.807, 2.05) is 78.5 Å². The third-order valence-corrected chi connectivity index (χ3v) is 5.02. The van der Waals surface area contributed by atoms with Gasteiger partial charge in [0.15, 0.2) is 6.10 Å². The molecule has 0 aliphatic heterocycles. The molecule has 0 saturated carbocycles. The summed E-state index contributed by atoms with van der Waals surface area (Å²) in [6.07, 6.45) is 3.24. The largest absolute Gasteiger partial charge is 0.479 e. The number of hydrogen-bond donors (Lipinski definition) is 0. The first-order valence-corrected chi connectivity index (χ1v) is 9.45. The molecule has 4 nitrogen and oxygen atoms in total. The number of benzene rings is 3. The normalized spacial score (nSPS) is 11.6. The maximum Gasteiger partial charge on any atom is 0.165 e. The topological polar surface area (TPSA) is 50.8 Å². The standard InChI is InChI=1S/C25H21N3O/c1-18-8-6-7-11-22(18)23-14-19(12-13-20(23)15-26)25(24-16-27-17-28(24)2)29-21-9-4-3-5-10-21/h3-14,16-17,25H,1-2H3. The smallest absolute Gasteiger partial charge is 0.165 e. The molecule has 0 N–H and O–H groups in total. The molecule has 0 bridgehead atoms. The number of aromatic nitrogens is 2. The molecule has 0 aliphatic rings. The van der Waals surface area contributed by atoms with Gasteiger partial charge in [-0.25, -0.2) is 4.98 Å². The first kappa shape index (κ1) is 18.5. The number of imidazole rings is 1. The number of aryl methyl sites for hydroxylation is 2. The zero-order valence-corrected chi connectivity index (χ0v) is 16.4. The van der Waals surface area contributed by atoms with Crippen LogP contribution in [0.25, 0.3) is 11.1 Å². The predicted molar refractivity (Wildman–Crippen MR) is 113 cm³/mol. The monoisotopic (exact) mass is 379 g/mol. The molecule has 142 valence electrons. The van der Waals surface area contributed by atoms with Gasteiger partial charge < -0.3 is 9.30 Å². The molecule has 0 spiro atoms. The Bertz CT molecular complexity index is 1170. The second-order valence-electron chi connectivity index (χ2n) is 6.97. The van der Waals surface area contributed by atoms with Gasteiger partial charge in [0.05, 0.1) is 29.9 Å². The molecule has 4 aromatic rings. The summed E-state index contributed by atoms with van der Waals surface area (Å²) < 4.78 is 8.33. The molecule has 0 fully saturated rings. The Morgan fingerprint density at radius 1 is 0.966 bits per heavy atom. The third kappa shape index (κ3) is 3.76. The van der Waals surface area contributed by atoms with Gasteiger partial charge >= 0.3 is 0 Å². The minimum atomic E-state index is -0.347. The average Bonchev–Trinajstić information content (AvgIpc) is 3.18. The van der Waals surface area contributed by atoms with Crippen molar-refractivity contribution in [2.45, 2.75) is 13.0 Å². The molecule has 0 amide bonds. The van der Waals surface area contributed by atoms with Gasteiger partial charge in [0.2, 0.25) is 0 Å². The zero-order chi connectivity index (χ0) is 20.2. The van der Waals surface area contributed by atoms with Crippen LogP contribution in [-0.4, -0.2) is 9.55 Å². The van der Waals surface area contributed by atoms with Gasteiger partial charge in [-0.1, -0.05) is 48.5 Å². The fraction of sp³-hybridized carbons (Fsp3) is 0.120. The Hall–Kier alpha value is -3.84. The molecule has 3 aromatic carbocycles. The van der Waals surface area contributed by atoms with Crippen molar-refractivity contribution in [3.63, 3.8) is 0 Å². The lowest BCUT2D eigenvalue weighted by atomic mass is 9.93. The highest BCUT2D eigenvalue weighted by Crippen LogP contribution is 2.33. The lowest BCUT2D eigenvalue weighted by molar-refractivity contribution is 0.238. The van der Waals surface area contributed by atoms with E-state index in [4.69, 9.17) is 4.74 Å². The Kier molecular flexibility index (Phi) is 5.13. The second-order valence-corrected chi connectivity index (χ2v) is 6.97. The summed E-state index contributed by atoms with van der Waals surface area (Å²) in [6.45, 7) is 2.06. The lowest BCUT2D eigenvalue weighted by Crippen LogP contribution is -2.13. The molecule has 0 saturated heterocycles. The maximum atomic E-state index is 9.67. The van der Waals surface area contributed by atoms with Crippen LogP contribution in [0.2, 0.25) is 0 Å². The molecule has 1 aromatic heterocycles. The van der Waals surface area contributed by atoms with Gasteiger partial charge in [-0.15, -0.1) is 0 Å². The number of nitrogens with zero attached hydrogens (tertiary/aromatic N) is 3. The summed E-state index contributed by atoms with van der Waals surface area (Å²) >= 11 is 0. The van der Waals surface area contributed by atoms with Gasteiger partial charge in [0.25, 0.3) is 0 Å². The molecule has 1 unspecified atom stereocenters. The Morgan fingerprint density at radius 3 is 2.41 bits per heavy atom. The summed E-state index contributed by atoms with van der Waals surface area (Å²) in [4.78, 5) is 4.27. The van der Waals surface area contributed by atoms with E-state index < -0.39 is 0 Å². The molecule has 0 radical (unpaired) electrons. The van der Waals surface area contributed by atoms with Crippen LogP contribution in [-0.2, 0) is 7.05 Å². The lowest BCUT2D eigenvalue weighted by Gasteiger charge is -2.21. The SMILES string of the molecule is Cc1ccccc1-c1cc(C(Oc2ccccc2)c2cncn2C)ccc1C#N.